The van der Waals surface area contributed by atoms with E-state index >= 15 is 0 Å². The van der Waals surface area contributed by atoms with E-state index in [-0.39, 0.29) is 0 Å². The number of aryl methyl sites for hydroxylation is 1. The molecule has 0 fully saturated rings. The van der Waals surface area contributed by atoms with Crippen LogP contribution in [0.1, 0.15) is 19.0 Å². The van der Waals surface area contributed by atoms with Crippen LogP contribution in [0.4, 0.5) is 5.82 Å². The lowest BCUT2D eigenvalue weighted by atomic mass is 10.3. The zero-order valence-corrected chi connectivity index (χ0v) is 11.9. The summed E-state index contributed by atoms with van der Waals surface area (Å²) in [6.45, 7) is 5.80. The Morgan fingerprint density at radius 2 is 2.25 bits per heavy atom. The maximum absolute atomic E-state index is 5.50. The van der Waals surface area contributed by atoms with Gasteiger partial charge in [0.2, 0.25) is 0 Å². The van der Waals surface area contributed by atoms with Gasteiger partial charge in [0.05, 0.1) is 10.7 Å². The fraction of sp³-hybridized carbons (Fsp3) is 0.455. The van der Waals surface area contributed by atoms with E-state index in [2.05, 4.69) is 32.7 Å². The molecule has 0 unspecified atom stereocenters. The van der Waals surface area contributed by atoms with E-state index in [1.165, 1.54) is 0 Å². The first-order valence-corrected chi connectivity index (χ1v) is 6.41. The predicted molar refractivity (Wildman–Crippen MR) is 76.0 cm³/mol. The molecule has 1 aromatic heterocycles. The molecule has 0 radical (unpaired) electrons. The minimum atomic E-state index is 0.548. The van der Waals surface area contributed by atoms with Crippen molar-refractivity contribution in [1.82, 2.24) is 4.98 Å². The third kappa shape index (κ3) is 3.72. The summed E-state index contributed by atoms with van der Waals surface area (Å²) in [7, 11) is 0. The molecule has 1 heterocycles. The number of thiocarbonyl (C=S) groups is 1. The highest BCUT2D eigenvalue weighted by Gasteiger charge is 2.07. The van der Waals surface area contributed by atoms with E-state index in [0.717, 1.165) is 35.5 Å². The van der Waals surface area contributed by atoms with Gasteiger partial charge in [-0.05, 0) is 41.9 Å². The van der Waals surface area contributed by atoms with Gasteiger partial charge in [0, 0.05) is 24.0 Å². The molecule has 0 aliphatic carbocycles. The van der Waals surface area contributed by atoms with E-state index in [1.807, 2.05) is 19.1 Å². The molecule has 88 valence electrons. The minimum absolute atomic E-state index is 0.548. The van der Waals surface area contributed by atoms with Gasteiger partial charge < -0.3 is 10.6 Å². The summed E-state index contributed by atoms with van der Waals surface area (Å²) in [4.78, 5) is 7.23. The second-order valence-corrected chi connectivity index (χ2v) is 4.91. The summed E-state index contributed by atoms with van der Waals surface area (Å²) < 4.78 is 1.03. The highest BCUT2D eigenvalue weighted by molar-refractivity contribution is 9.10. The Balaban J connectivity index is 2.78. The lowest BCUT2D eigenvalue weighted by molar-refractivity contribution is 0.816. The van der Waals surface area contributed by atoms with Crippen LogP contribution in [0.2, 0.25) is 0 Å². The summed E-state index contributed by atoms with van der Waals surface area (Å²) in [5.74, 6) is 0.972. The lowest BCUT2D eigenvalue weighted by Gasteiger charge is -2.22. The largest absolute Gasteiger partial charge is 0.393 e. The van der Waals surface area contributed by atoms with Crippen molar-refractivity contribution in [3.63, 3.8) is 0 Å². The van der Waals surface area contributed by atoms with Gasteiger partial charge in [0.15, 0.2) is 0 Å². The number of nitrogens with zero attached hydrogens (tertiary/aromatic N) is 2. The van der Waals surface area contributed by atoms with Crippen molar-refractivity contribution in [2.45, 2.75) is 20.3 Å². The van der Waals surface area contributed by atoms with Gasteiger partial charge in [-0.25, -0.2) is 4.98 Å². The van der Waals surface area contributed by atoms with Gasteiger partial charge >= 0.3 is 0 Å². The summed E-state index contributed by atoms with van der Waals surface area (Å²) in [6.07, 6.45) is 0.722. The van der Waals surface area contributed by atoms with Crippen LogP contribution in [0.5, 0.6) is 0 Å². The molecule has 0 amide bonds. The summed E-state index contributed by atoms with van der Waals surface area (Å²) >= 11 is 8.32. The van der Waals surface area contributed by atoms with Crippen molar-refractivity contribution < 1.29 is 0 Å². The fourth-order valence-electron chi connectivity index (χ4n) is 1.39. The van der Waals surface area contributed by atoms with Gasteiger partial charge in [-0.15, -0.1) is 0 Å². The van der Waals surface area contributed by atoms with E-state index in [9.17, 15) is 0 Å². The minimum Gasteiger partial charge on any atom is -0.393 e. The summed E-state index contributed by atoms with van der Waals surface area (Å²) in [5, 5.41) is 0. The van der Waals surface area contributed by atoms with Gasteiger partial charge in [-0.2, -0.15) is 0 Å². The molecule has 5 heteroatoms. The molecular formula is C11H16BrN3S. The number of nitrogens with two attached hydrogens (primary N) is 1. The van der Waals surface area contributed by atoms with Crippen LogP contribution in [-0.4, -0.2) is 23.1 Å². The SMILES string of the molecule is CCN(CCC(N)=S)c1ccc(Br)c(C)n1. The van der Waals surface area contributed by atoms with Crippen LogP contribution >= 0.6 is 28.1 Å². The van der Waals surface area contributed by atoms with Crippen LogP contribution in [0.25, 0.3) is 0 Å². The average molecular weight is 302 g/mol. The molecule has 0 saturated carbocycles. The Morgan fingerprint density at radius 3 is 2.75 bits per heavy atom. The Kier molecular flexibility index (Phi) is 5.15. The molecule has 0 atom stereocenters. The maximum Gasteiger partial charge on any atom is 0.128 e. The van der Waals surface area contributed by atoms with Gasteiger partial charge in [0.1, 0.15) is 5.82 Å². The molecule has 1 rings (SSSR count). The smallest absolute Gasteiger partial charge is 0.128 e. The van der Waals surface area contributed by atoms with E-state index < -0.39 is 0 Å². The van der Waals surface area contributed by atoms with Crippen molar-refractivity contribution in [2.24, 2.45) is 5.73 Å². The first kappa shape index (κ1) is 13.4. The van der Waals surface area contributed by atoms with Crippen molar-refractivity contribution >= 4 is 39.0 Å². The number of pyridine rings is 1. The molecule has 3 nitrogen and oxygen atoms in total. The number of hydrogen-bond donors (Lipinski definition) is 1. The highest BCUT2D eigenvalue weighted by atomic mass is 79.9. The van der Waals surface area contributed by atoms with Gasteiger partial charge in [-0.1, -0.05) is 12.2 Å². The third-order valence-electron chi connectivity index (χ3n) is 2.34. The Labute approximate surface area is 110 Å². The van der Waals surface area contributed by atoms with E-state index in [1.54, 1.807) is 0 Å². The standard InChI is InChI=1S/C11H16BrN3S/c1-3-15(7-6-10(13)16)11-5-4-9(12)8(2)14-11/h4-5H,3,6-7H2,1-2H3,(H2,13,16). The summed E-state index contributed by atoms with van der Waals surface area (Å²) in [5.41, 5.74) is 6.50. The highest BCUT2D eigenvalue weighted by Crippen LogP contribution is 2.19. The summed E-state index contributed by atoms with van der Waals surface area (Å²) in [6, 6.07) is 4.02. The Morgan fingerprint density at radius 1 is 1.56 bits per heavy atom. The molecule has 2 N–H and O–H groups in total. The zero-order chi connectivity index (χ0) is 12.1. The molecule has 0 aromatic carbocycles. The second-order valence-electron chi connectivity index (χ2n) is 3.53. The monoisotopic (exact) mass is 301 g/mol. The second kappa shape index (κ2) is 6.15. The number of halogens is 1. The molecule has 0 bridgehead atoms. The third-order valence-corrected chi connectivity index (χ3v) is 3.38. The molecule has 0 saturated heterocycles. The topological polar surface area (TPSA) is 42.1 Å². The van der Waals surface area contributed by atoms with Gasteiger partial charge in [-0.3, -0.25) is 0 Å². The number of hydrogen-bond acceptors (Lipinski definition) is 3. The maximum atomic E-state index is 5.50. The van der Waals surface area contributed by atoms with Crippen molar-refractivity contribution in [1.29, 1.82) is 0 Å². The number of rotatable bonds is 5. The fourth-order valence-corrected chi connectivity index (χ4v) is 1.70. The average Bonchev–Trinajstić information content (AvgIpc) is 2.23. The van der Waals surface area contributed by atoms with Crippen LogP contribution < -0.4 is 10.6 Å². The van der Waals surface area contributed by atoms with Crippen LogP contribution in [0, 0.1) is 6.92 Å². The molecule has 0 aliphatic rings. The van der Waals surface area contributed by atoms with Crippen LogP contribution in [-0.2, 0) is 0 Å². The van der Waals surface area contributed by atoms with Crippen molar-refractivity contribution in [3.05, 3.63) is 22.3 Å². The lowest BCUT2D eigenvalue weighted by Crippen LogP contribution is -2.28. The first-order valence-electron chi connectivity index (χ1n) is 5.21. The van der Waals surface area contributed by atoms with Crippen LogP contribution in [0.3, 0.4) is 0 Å². The van der Waals surface area contributed by atoms with Gasteiger partial charge in [0.25, 0.3) is 0 Å². The molecule has 16 heavy (non-hydrogen) atoms. The van der Waals surface area contributed by atoms with Crippen molar-refractivity contribution in [3.8, 4) is 0 Å². The predicted octanol–water partition coefficient (Wildman–Crippen LogP) is 2.66. The van der Waals surface area contributed by atoms with E-state index in [4.69, 9.17) is 18.0 Å². The number of anilines is 1. The molecule has 0 spiro atoms. The molecule has 1 aromatic rings. The normalized spacial score (nSPS) is 10.2. The molecule has 0 aliphatic heterocycles. The molecular weight excluding hydrogens is 286 g/mol. The number of aromatic nitrogens is 1. The Hall–Kier alpha value is -0.680. The first-order chi connectivity index (χ1) is 7.54. The van der Waals surface area contributed by atoms with E-state index in [0.29, 0.717) is 4.99 Å². The quantitative estimate of drug-likeness (QED) is 0.849. The van der Waals surface area contributed by atoms with Crippen LogP contribution in [0.15, 0.2) is 16.6 Å². The zero-order valence-electron chi connectivity index (χ0n) is 9.53. The Bertz CT molecular complexity index is 381. The van der Waals surface area contributed by atoms with Crippen molar-refractivity contribution in [2.75, 3.05) is 18.0 Å².